The molecule has 6 heteroatoms. The Kier molecular flexibility index (Phi) is 5.33. The molecule has 2 heterocycles. The molecule has 156 valence electrons. The summed E-state index contributed by atoms with van der Waals surface area (Å²) in [5.74, 6) is 0.529. The number of nitrogens with zero attached hydrogens (tertiary/aromatic N) is 2. The average molecular weight is 407 g/mol. The lowest BCUT2D eigenvalue weighted by Crippen LogP contribution is -2.37. The molecule has 4 rings (SSSR count). The zero-order valence-electron chi connectivity index (χ0n) is 17.6. The fourth-order valence-electron chi connectivity index (χ4n) is 3.73. The Balaban J connectivity index is 1.37. The first-order valence-corrected chi connectivity index (χ1v) is 10.3. The van der Waals surface area contributed by atoms with Gasteiger partial charge < -0.3 is 10.2 Å². The molecular weight excluding hydrogens is 379 g/mol. The minimum Gasteiger partial charge on any atom is -0.353 e. The molecule has 2 N–H and O–H groups in total. The highest BCUT2D eigenvalue weighted by Crippen LogP contribution is 2.25. The van der Waals surface area contributed by atoms with Crippen molar-refractivity contribution in [2.75, 3.05) is 18.0 Å². The summed E-state index contributed by atoms with van der Waals surface area (Å²) in [5, 5.41) is 10.5. The third-order valence-electron chi connectivity index (χ3n) is 5.58. The van der Waals surface area contributed by atoms with E-state index in [0.29, 0.717) is 12.1 Å². The van der Waals surface area contributed by atoms with E-state index in [4.69, 9.17) is 0 Å². The predicted molar refractivity (Wildman–Crippen MR) is 117 cm³/mol. The minimum atomic E-state index is -0.260. The van der Waals surface area contributed by atoms with E-state index in [1.54, 1.807) is 12.1 Å². The van der Waals surface area contributed by atoms with Crippen LogP contribution in [0.1, 0.15) is 43.1 Å². The number of anilines is 1. The van der Waals surface area contributed by atoms with Crippen LogP contribution in [0.4, 0.5) is 10.2 Å². The highest BCUT2D eigenvalue weighted by Gasteiger charge is 2.26. The second-order valence-electron chi connectivity index (χ2n) is 8.88. The fraction of sp³-hybridized carbons (Fsp3) is 0.333. The lowest BCUT2D eigenvalue weighted by molar-refractivity contribution is 0.0940. The zero-order chi connectivity index (χ0) is 21.3. The Morgan fingerprint density at radius 1 is 1.13 bits per heavy atom. The molecule has 5 nitrogen and oxygen atoms in total. The summed E-state index contributed by atoms with van der Waals surface area (Å²) < 4.78 is 13.1. The summed E-state index contributed by atoms with van der Waals surface area (Å²) in [4.78, 5) is 14.8. The van der Waals surface area contributed by atoms with Crippen LogP contribution < -0.4 is 10.2 Å². The van der Waals surface area contributed by atoms with Crippen molar-refractivity contribution < 1.29 is 9.18 Å². The summed E-state index contributed by atoms with van der Waals surface area (Å²) in [6.07, 6.45) is 0.866. The maximum absolute atomic E-state index is 13.1. The number of aromatic amines is 1. The molecule has 0 aliphatic carbocycles. The van der Waals surface area contributed by atoms with Crippen LogP contribution in [-0.2, 0) is 5.41 Å². The molecule has 0 saturated carbocycles. The average Bonchev–Trinajstić information content (AvgIpc) is 3.37. The van der Waals surface area contributed by atoms with Gasteiger partial charge in [-0.2, -0.15) is 5.10 Å². The predicted octanol–water partition coefficient (Wildman–Crippen LogP) is 4.52. The van der Waals surface area contributed by atoms with E-state index in [1.807, 2.05) is 30.3 Å². The van der Waals surface area contributed by atoms with Gasteiger partial charge in [-0.3, -0.25) is 9.89 Å². The van der Waals surface area contributed by atoms with Crippen molar-refractivity contribution in [1.82, 2.24) is 15.5 Å². The van der Waals surface area contributed by atoms with E-state index in [0.717, 1.165) is 30.0 Å². The van der Waals surface area contributed by atoms with Crippen LogP contribution in [0.5, 0.6) is 0 Å². The summed E-state index contributed by atoms with van der Waals surface area (Å²) in [6.45, 7) is 8.00. The Morgan fingerprint density at radius 2 is 1.83 bits per heavy atom. The normalized spacial score (nSPS) is 16.7. The molecule has 1 fully saturated rings. The van der Waals surface area contributed by atoms with Crippen LogP contribution in [0.2, 0.25) is 0 Å². The summed E-state index contributed by atoms with van der Waals surface area (Å²) >= 11 is 0. The summed E-state index contributed by atoms with van der Waals surface area (Å²) in [7, 11) is 0. The molecule has 1 saturated heterocycles. The van der Waals surface area contributed by atoms with Gasteiger partial charge in [-0.25, -0.2) is 4.39 Å². The topological polar surface area (TPSA) is 61.0 Å². The minimum absolute atomic E-state index is 0.0451. The van der Waals surface area contributed by atoms with Crippen molar-refractivity contribution in [2.24, 2.45) is 0 Å². The van der Waals surface area contributed by atoms with E-state index in [9.17, 15) is 9.18 Å². The van der Waals surface area contributed by atoms with Gasteiger partial charge in [-0.05, 0) is 59.4 Å². The second-order valence-corrected chi connectivity index (χ2v) is 8.88. The van der Waals surface area contributed by atoms with Gasteiger partial charge in [0.15, 0.2) is 5.82 Å². The number of hydrogen-bond acceptors (Lipinski definition) is 3. The van der Waals surface area contributed by atoms with E-state index in [1.165, 1.54) is 17.7 Å². The van der Waals surface area contributed by atoms with Crippen molar-refractivity contribution in [3.63, 3.8) is 0 Å². The number of nitrogens with one attached hydrogen (secondary N) is 2. The molecule has 1 unspecified atom stereocenters. The van der Waals surface area contributed by atoms with Crippen molar-refractivity contribution in [2.45, 2.75) is 38.6 Å². The standard InChI is InChI=1S/C24H27FN4O/c1-24(2,3)18-8-4-17(5-9-18)23(30)26-20-12-13-29(15-20)22-14-21(27-28-22)16-6-10-19(25)11-7-16/h4-11,14,20H,12-13,15H2,1-3H3,(H,26,30)(H,27,28). The number of H-pyrrole nitrogens is 1. The number of rotatable bonds is 4. The molecule has 1 aromatic heterocycles. The molecular formula is C24H27FN4O. The van der Waals surface area contributed by atoms with Gasteiger partial charge in [0.05, 0.1) is 5.69 Å². The first kappa shape index (κ1) is 20.1. The highest BCUT2D eigenvalue weighted by molar-refractivity contribution is 5.94. The van der Waals surface area contributed by atoms with E-state index in [-0.39, 0.29) is 23.2 Å². The van der Waals surface area contributed by atoms with Crippen LogP contribution in [0, 0.1) is 5.82 Å². The largest absolute Gasteiger partial charge is 0.353 e. The maximum atomic E-state index is 13.1. The van der Waals surface area contributed by atoms with Gasteiger partial charge in [0, 0.05) is 30.8 Å². The van der Waals surface area contributed by atoms with Crippen LogP contribution in [0.15, 0.2) is 54.6 Å². The number of carbonyl (C=O) groups excluding carboxylic acids is 1. The van der Waals surface area contributed by atoms with E-state index in [2.05, 4.69) is 41.2 Å². The Bertz CT molecular complexity index is 1020. The smallest absolute Gasteiger partial charge is 0.251 e. The first-order chi connectivity index (χ1) is 14.3. The number of aromatic nitrogens is 2. The molecule has 1 aliphatic rings. The number of benzene rings is 2. The van der Waals surface area contributed by atoms with Crippen molar-refractivity contribution in [3.05, 3.63) is 71.5 Å². The Hall–Kier alpha value is -3.15. The first-order valence-electron chi connectivity index (χ1n) is 10.3. The van der Waals surface area contributed by atoms with Crippen LogP contribution in [-0.4, -0.2) is 35.2 Å². The lowest BCUT2D eigenvalue weighted by atomic mass is 9.86. The maximum Gasteiger partial charge on any atom is 0.251 e. The number of hydrogen-bond donors (Lipinski definition) is 2. The molecule has 3 aromatic rings. The molecule has 1 aliphatic heterocycles. The third-order valence-corrected chi connectivity index (χ3v) is 5.58. The van der Waals surface area contributed by atoms with Gasteiger partial charge in [0.1, 0.15) is 5.82 Å². The van der Waals surface area contributed by atoms with Gasteiger partial charge in [-0.1, -0.05) is 32.9 Å². The van der Waals surface area contributed by atoms with Crippen molar-refractivity contribution in [3.8, 4) is 11.3 Å². The Labute approximate surface area is 176 Å². The monoisotopic (exact) mass is 406 g/mol. The third kappa shape index (κ3) is 4.37. The van der Waals surface area contributed by atoms with Gasteiger partial charge in [-0.15, -0.1) is 0 Å². The van der Waals surface area contributed by atoms with Gasteiger partial charge in [0.25, 0.3) is 5.91 Å². The van der Waals surface area contributed by atoms with Crippen molar-refractivity contribution >= 4 is 11.7 Å². The highest BCUT2D eigenvalue weighted by atomic mass is 19.1. The van der Waals surface area contributed by atoms with Gasteiger partial charge in [0.2, 0.25) is 0 Å². The SMILES string of the molecule is CC(C)(C)c1ccc(C(=O)NC2CCN(c3cc(-c4ccc(F)cc4)[nH]n3)C2)cc1. The quantitative estimate of drug-likeness (QED) is 0.670. The zero-order valence-corrected chi connectivity index (χ0v) is 17.6. The van der Waals surface area contributed by atoms with Crippen LogP contribution in [0.3, 0.4) is 0 Å². The fourth-order valence-corrected chi connectivity index (χ4v) is 3.73. The summed E-state index contributed by atoms with van der Waals surface area (Å²) in [6, 6.07) is 16.2. The number of carbonyl (C=O) groups is 1. The molecule has 2 aromatic carbocycles. The summed E-state index contributed by atoms with van der Waals surface area (Å²) in [5.41, 5.74) is 3.69. The molecule has 0 spiro atoms. The molecule has 0 bridgehead atoms. The van der Waals surface area contributed by atoms with Crippen molar-refractivity contribution in [1.29, 1.82) is 0 Å². The van der Waals surface area contributed by atoms with Gasteiger partial charge >= 0.3 is 0 Å². The Morgan fingerprint density at radius 3 is 2.50 bits per heavy atom. The number of halogens is 1. The number of amides is 1. The molecule has 0 radical (unpaired) electrons. The van der Waals surface area contributed by atoms with Crippen LogP contribution >= 0.6 is 0 Å². The lowest BCUT2D eigenvalue weighted by Gasteiger charge is -2.19. The van der Waals surface area contributed by atoms with E-state index < -0.39 is 0 Å². The van der Waals surface area contributed by atoms with Crippen LogP contribution in [0.25, 0.3) is 11.3 Å². The molecule has 1 amide bonds. The molecule has 1 atom stereocenters. The molecule has 30 heavy (non-hydrogen) atoms. The second kappa shape index (κ2) is 7.94. The van der Waals surface area contributed by atoms with E-state index >= 15 is 0 Å².